The summed E-state index contributed by atoms with van der Waals surface area (Å²) in [5, 5.41) is 3.41. The summed E-state index contributed by atoms with van der Waals surface area (Å²) in [7, 11) is 0. The van der Waals surface area contributed by atoms with Crippen LogP contribution in [0, 0.1) is 12.7 Å². The smallest absolute Gasteiger partial charge is 0.126 e. The van der Waals surface area contributed by atoms with Gasteiger partial charge in [-0.25, -0.2) is 4.39 Å². The van der Waals surface area contributed by atoms with E-state index in [1.807, 2.05) is 25.1 Å². The van der Waals surface area contributed by atoms with E-state index in [0.717, 1.165) is 17.7 Å². The Morgan fingerprint density at radius 1 is 1.00 bits per heavy atom. The number of hydrogen-bond donors (Lipinski definition) is 1. The lowest BCUT2D eigenvalue weighted by Crippen LogP contribution is -2.22. The van der Waals surface area contributed by atoms with Crippen molar-refractivity contribution in [1.29, 1.82) is 0 Å². The lowest BCUT2D eigenvalue weighted by molar-refractivity contribution is 0.589. The average Bonchev–Trinajstić information content (AvgIpc) is 2.40. The normalized spacial score (nSPS) is 11.0. The molecule has 0 spiro atoms. The second-order valence-electron chi connectivity index (χ2n) is 5.11. The molecule has 0 atom stereocenters. The maximum Gasteiger partial charge on any atom is 0.126 e. The van der Waals surface area contributed by atoms with E-state index in [4.69, 9.17) is 0 Å². The quantitative estimate of drug-likeness (QED) is 0.861. The number of hydrogen-bond acceptors (Lipinski definition) is 1. The molecule has 0 fully saturated rings. The van der Waals surface area contributed by atoms with Crippen molar-refractivity contribution in [2.75, 3.05) is 0 Å². The fourth-order valence-electron chi connectivity index (χ4n) is 2.15. The minimum atomic E-state index is -0.149. The van der Waals surface area contributed by atoms with Gasteiger partial charge in [-0.15, -0.1) is 0 Å². The molecule has 0 saturated heterocycles. The molecule has 100 valence electrons. The van der Waals surface area contributed by atoms with Gasteiger partial charge in [-0.05, 0) is 35.2 Å². The van der Waals surface area contributed by atoms with Crippen LogP contribution in [0.2, 0.25) is 0 Å². The molecule has 0 heterocycles. The Balaban J connectivity index is 2.41. The third kappa shape index (κ3) is 3.21. The van der Waals surface area contributed by atoms with Crippen molar-refractivity contribution in [2.24, 2.45) is 0 Å². The van der Waals surface area contributed by atoms with Gasteiger partial charge >= 0.3 is 0 Å². The second kappa shape index (κ2) is 5.98. The zero-order chi connectivity index (χ0) is 13.8. The number of halogens is 1. The van der Waals surface area contributed by atoms with Crippen LogP contribution in [0.25, 0.3) is 11.1 Å². The molecule has 19 heavy (non-hydrogen) atoms. The highest BCUT2D eigenvalue weighted by atomic mass is 19.1. The molecule has 0 aliphatic rings. The van der Waals surface area contributed by atoms with Gasteiger partial charge in [-0.3, -0.25) is 0 Å². The molecule has 0 radical (unpaired) electrons. The van der Waals surface area contributed by atoms with Gasteiger partial charge in [0.25, 0.3) is 0 Å². The van der Waals surface area contributed by atoms with E-state index >= 15 is 0 Å². The molecular formula is C17H20FN. The molecule has 2 heteroatoms. The van der Waals surface area contributed by atoms with E-state index in [-0.39, 0.29) is 5.82 Å². The molecule has 0 bridgehead atoms. The maximum atomic E-state index is 13.7. The van der Waals surface area contributed by atoms with Crippen molar-refractivity contribution in [1.82, 2.24) is 5.32 Å². The predicted octanol–water partition coefficient (Wildman–Crippen LogP) is 4.30. The first-order valence-electron chi connectivity index (χ1n) is 6.66. The molecule has 0 aromatic heterocycles. The van der Waals surface area contributed by atoms with Crippen molar-refractivity contribution in [3.8, 4) is 11.1 Å². The van der Waals surface area contributed by atoms with E-state index in [1.165, 1.54) is 11.6 Å². The summed E-state index contributed by atoms with van der Waals surface area (Å²) >= 11 is 0. The Morgan fingerprint density at radius 3 is 2.42 bits per heavy atom. The summed E-state index contributed by atoms with van der Waals surface area (Å²) in [4.78, 5) is 0. The van der Waals surface area contributed by atoms with Gasteiger partial charge < -0.3 is 5.32 Å². The van der Waals surface area contributed by atoms with Crippen LogP contribution >= 0.6 is 0 Å². The molecule has 0 saturated carbocycles. The van der Waals surface area contributed by atoms with Crippen LogP contribution in [0.15, 0.2) is 42.5 Å². The van der Waals surface area contributed by atoms with E-state index in [2.05, 4.69) is 31.3 Å². The Kier molecular flexibility index (Phi) is 4.33. The fraction of sp³-hybridized carbons (Fsp3) is 0.294. The first-order chi connectivity index (χ1) is 9.09. The van der Waals surface area contributed by atoms with Crippen LogP contribution in [0.4, 0.5) is 4.39 Å². The van der Waals surface area contributed by atoms with Crippen molar-refractivity contribution >= 4 is 0 Å². The van der Waals surface area contributed by atoms with Crippen LogP contribution in [0.3, 0.4) is 0 Å². The van der Waals surface area contributed by atoms with Crippen molar-refractivity contribution in [2.45, 2.75) is 33.4 Å². The average molecular weight is 257 g/mol. The first-order valence-corrected chi connectivity index (χ1v) is 6.66. The van der Waals surface area contributed by atoms with Gasteiger partial charge in [-0.2, -0.15) is 0 Å². The van der Waals surface area contributed by atoms with Crippen LogP contribution in [-0.4, -0.2) is 6.04 Å². The maximum absolute atomic E-state index is 13.7. The summed E-state index contributed by atoms with van der Waals surface area (Å²) < 4.78 is 13.7. The third-order valence-corrected chi connectivity index (χ3v) is 3.28. The van der Waals surface area contributed by atoms with Gasteiger partial charge in [-0.1, -0.05) is 50.2 Å². The van der Waals surface area contributed by atoms with Gasteiger partial charge in [0.2, 0.25) is 0 Å². The highest BCUT2D eigenvalue weighted by molar-refractivity contribution is 5.70. The zero-order valence-electron chi connectivity index (χ0n) is 11.7. The Hall–Kier alpha value is -1.67. The van der Waals surface area contributed by atoms with Crippen molar-refractivity contribution in [3.05, 3.63) is 59.4 Å². The summed E-state index contributed by atoms with van der Waals surface area (Å²) in [6.45, 7) is 6.87. The summed E-state index contributed by atoms with van der Waals surface area (Å²) in [6, 6.07) is 13.9. The number of benzene rings is 2. The molecule has 1 nitrogen and oxygen atoms in total. The largest absolute Gasteiger partial charge is 0.310 e. The van der Waals surface area contributed by atoms with Gasteiger partial charge in [0.1, 0.15) is 5.82 Å². The van der Waals surface area contributed by atoms with E-state index < -0.39 is 0 Å². The van der Waals surface area contributed by atoms with E-state index in [1.54, 1.807) is 6.07 Å². The number of nitrogens with one attached hydrogen (secondary N) is 1. The highest BCUT2D eigenvalue weighted by Crippen LogP contribution is 2.28. The van der Waals surface area contributed by atoms with Crippen LogP contribution in [0.5, 0.6) is 0 Å². The molecule has 0 unspecified atom stereocenters. The van der Waals surface area contributed by atoms with Gasteiger partial charge in [0.15, 0.2) is 0 Å². The molecule has 2 aromatic rings. The fourth-order valence-corrected chi connectivity index (χ4v) is 2.15. The topological polar surface area (TPSA) is 12.0 Å². The molecule has 2 aromatic carbocycles. The van der Waals surface area contributed by atoms with Crippen LogP contribution in [-0.2, 0) is 6.54 Å². The molecule has 0 aliphatic carbocycles. The van der Waals surface area contributed by atoms with E-state index in [9.17, 15) is 4.39 Å². The number of rotatable bonds is 4. The standard InChI is InChI=1S/C17H20FN/c1-12(2)19-11-14-7-4-5-8-16(14)15-9-6-10-17(18)13(15)3/h4-10,12,19H,11H2,1-3H3. The third-order valence-electron chi connectivity index (χ3n) is 3.28. The summed E-state index contributed by atoms with van der Waals surface area (Å²) in [5.41, 5.74) is 3.98. The minimum Gasteiger partial charge on any atom is -0.310 e. The molecule has 0 aliphatic heterocycles. The van der Waals surface area contributed by atoms with Crippen LogP contribution in [0.1, 0.15) is 25.0 Å². The molecular weight excluding hydrogens is 237 g/mol. The molecule has 1 N–H and O–H groups in total. The summed E-state index contributed by atoms with van der Waals surface area (Å²) in [6.07, 6.45) is 0. The van der Waals surface area contributed by atoms with Crippen LogP contribution < -0.4 is 5.32 Å². The Labute approximate surface area is 114 Å². The molecule has 0 amide bonds. The lowest BCUT2D eigenvalue weighted by Gasteiger charge is -2.14. The molecule has 2 rings (SSSR count). The van der Waals surface area contributed by atoms with Gasteiger partial charge in [0.05, 0.1) is 0 Å². The van der Waals surface area contributed by atoms with Gasteiger partial charge in [0, 0.05) is 12.6 Å². The Morgan fingerprint density at radius 2 is 1.68 bits per heavy atom. The predicted molar refractivity (Wildman–Crippen MR) is 78.5 cm³/mol. The zero-order valence-corrected chi connectivity index (χ0v) is 11.7. The van der Waals surface area contributed by atoms with Crippen molar-refractivity contribution in [3.63, 3.8) is 0 Å². The van der Waals surface area contributed by atoms with E-state index in [0.29, 0.717) is 11.6 Å². The minimum absolute atomic E-state index is 0.149. The first kappa shape index (κ1) is 13.8. The van der Waals surface area contributed by atoms with Crippen molar-refractivity contribution < 1.29 is 4.39 Å². The highest BCUT2D eigenvalue weighted by Gasteiger charge is 2.09. The lowest BCUT2D eigenvalue weighted by atomic mass is 9.95. The SMILES string of the molecule is Cc1c(F)cccc1-c1ccccc1CNC(C)C. The second-order valence-corrected chi connectivity index (χ2v) is 5.11. The summed E-state index contributed by atoms with van der Waals surface area (Å²) in [5.74, 6) is -0.149. The monoisotopic (exact) mass is 257 g/mol. The Bertz CT molecular complexity index is 561.